The maximum absolute atomic E-state index is 13.7. The second kappa shape index (κ2) is 22.2. The lowest BCUT2D eigenvalue weighted by atomic mass is 9.77. The third-order valence-electron chi connectivity index (χ3n) is 11.0. The molecular formula is C44H60N4O6S2. The van der Waals surface area contributed by atoms with Crippen molar-refractivity contribution in [3.05, 3.63) is 95.1 Å². The van der Waals surface area contributed by atoms with Crippen molar-refractivity contribution >= 4 is 39.4 Å². The van der Waals surface area contributed by atoms with E-state index in [4.69, 9.17) is 15.2 Å². The van der Waals surface area contributed by atoms with Crippen LogP contribution in [0.1, 0.15) is 87.0 Å². The predicted molar refractivity (Wildman–Crippen MR) is 228 cm³/mol. The molecule has 2 heterocycles. The van der Waals surface area contributed by atoms with E-state index in [1.807, 2.05) is 40.0 Å². The van der Waals surface area contributed by atoms with Crippen LogP contribution in [0.4, 0.5) is 0 Å². The van der Waals surface area contributed by atoms with Gasteiger partial charge in [-0.25, -0.2) is 4.99 Å². The summed E-state index contributed by atoms with van der Waals surface area (Å²) in [4.78, 5) is 32.3. The van der Waals surface area contributed by atoms with Crippen molar-refractivity contribution in [1.82, 2.24) is 10.2 Å². The molecule has 1 amide bonds. The first-order valence-electron chi connectivity index (χ1n) is 20.0. The van der Waals surface area contributed by atoms with E-state index in [0.717, 1.165) is 55.4 Å². The number of nitrogens with one attached hydrogen (secondary N) is 1. The van der Waals surface area contributed by atoms with Crippen LogP contribution in [0.2, 0.25) is 0 Å². The number of methoxy groups -OCH3 is 1. The van der Waals surface area contributed by atoms with Gasteiger partial charge in [-0.1, -0.05) is 101 Å². The van der Waals surface area contributed by atoms with E-state index >= 15 is 0 Å². The maximum Gasteiger partial charge on any atom is 0.302 e. The number of aliphatic hydroxyl groups is 1. The van der Waals surface area contributed by atoms with Crippen molar-refractivity contribution in [3.8, 4) is 11.5 Å². The summed E-state index contributed by atoms with van der Waals surface area (Å²) in [5, 5.41) is 25.6. The average molecular weight is 805 g/mol. The number of esters is 1. The first kappa shape index (κ1) is 43.3. The van der Waals surface area contributed by atoms with Gasteiger partial charge in [0, 0.05) is 56.1 Å². The van der Waals surface area contributed by atoms with Gasteiger partial charge in [-0.15, -0.1) is 0 Å². The van der Waals surface area contributed by atoms with Gasteiger partial charge in [0.05, 0.1) is 19.1 Å². The Hall–Kier alpha value is -3.87. The number of aliphatic hydroxyl groups excluding tert-OH is 1. The third-order valence-corrected chi connectivity index (χ3v) is 13.2. The van der Waals surface area contributed by atoms with Gasteiger partial charge in [-0.05, 0) is 80.0 Å². The van der Waals surface area contributed by atoms with E-state index in [0.29, 0.717) is 80.7 Å². The van der Waals surface area contributed by atoms with Gasteiger partial charge >= 0.3 is 5.97 Å². The van der Waals surface area contributed by atoms with E-state index < -0.39 is 12.2 Å². The Labute approximate surface area is 340 Å². The molecule has 2 aliphatic rings. The molecule has 304 valence electrons. The number of hydrogen-bond donors (Lipinski definition) is 4. The van der Waals surface area contributed by atoms with Crippen LogP contribution < -0.4 is 15.8 Å². The monoisotopic (exact) mass is 804 g/mol. The summed E-state index contributed by atoms with van der Waals surface area (Å²) < 4.78 is 11.3. The lowest BCUT2D eigenvalue weighted by molar-refractivity contribution is -0.148. The Morgan fingerprint density at radius 2 is 1.77 bits per heavy atom. The van der Waals surface area contributed by atoms with Crippen LogP contribution >= 0.6 is 21.6 Å². The van der Waals surface area contributed by atoms with Crippen molar-refractivity contribution in [2.24, 2.45) is 22.1 Å². The highest BCUT2D eigenvalue weighted by atomic mass is 33.1. The summed E-state index contributed by atoms with van der Waals surface area (Å²) in [6.07, 6.45) is 7.89. The summed E-state index contributed by atoms with van der Waals surface area (Å²) in [7, 11) is 5.05. The highest BCUT2D eigenvalue weighted by Crippen LogP contribution is 2.41. The number of hydrogen-bond acceptors (Lipinski definition) is 11. The minimum atomic E-state index is -0.593. The SMILES string of the molecule is COc1cc2cc(c1O)CN1C[C@@](Cc3ccccc3)(CCNC(N)=NCSSC[C@@H](CCc3ccccc3)CCCC[C@H](O)C[C@H](OC(C)=O)CC2)CC1=O. The molecule has 0 radical (unpaired) electrons. The smallest absolute Gasteiger partial charge is 0.302 e. The summed E-state index contributed by atoms with van der Waals surface area (Å²) in [5.41, 5.74) is 10.0. The number of aryl methyl sites for hydroxylation is 2. The van der Waals surface area contributed by atoms with Gasteiger partial charge < -0.3 is 35.6 Å². The van der Waals surface area contributed by atoms with Crippen molar-refractivity contribution in [2.45, 2.75) is 103 Å². The molecule has 0 aliphatic carbocycles. The molecule has 3 aromatic carbocycles. The van der Waals surface area contributed by atoms with Gasteiger partial charge in [-0.2, -0.15) is 0 Å². The Morgan fingerprint density at radius 1 is 1.04 bits per heavy atom. The number of carbonyl (C=O) groups excluding carboxylic acids is 2. The van der Waals surface area contributed by atoms with Gasteiger partial charge in [0.15, 0.2) is 17.5 Å². The molecule has 10 nitrogen and oxygen atoms in total. The fourth-order valence-electron chi connectivity index (χ4n) is 8.02. The van der Waals surface area contributed by atoms with E-state index in [2.05, 4.69) is 52.8 Å². The number of amides is 1. The van der Waals surface area contributed by atoms with Crippen LogP contribution in [0.25, 0.3) is 0 Å². The number of phenolic OH excluding ortho intramolecular Hbond substituents is 1. The molecule has 56 heavy (non-hydrogen) atoms. The van der Waals surface area contributed by atoms with Crippen LogP contribution in [-0.4, -0.2) is 77.0 Å². The van der Waals surface area contributed by atoms with Gasteiger partial charge in [0.25, 0.3) is 0 Å². The molecular weight excluding hydrogens is 745 g/mol. The van der Waals surface area contributed by atoms with E-state index in [-0.39, 0.29) is 29.6 Å². The number of aromatic hydroxyl groups is 1. The van der Waals surface area contributed by atoms with Crippen LogP contribution in [-0.2, 0) is 40.1 Å². The zero-order chi connectivity index (χ0) is 39.8. The average Bonchev–Trinajstić information content (AvgIpc) is 3.48. The van der Waals surface area contributed by atoms with Crippen molar-refractivity contribution in [1.29, 1.82) is 0 Å². The van der Waals surface area contributed by atoms with Gasteiger partial charge in [-0.3, -0.25) is 9.59 Å². The number of nitrogens with two attached hydrogens (primary N) is 1. The summed E-state index contributed by atoms with van der Waals surface area (Å²) in [6.45, 7) is 2.74. The normalized spacial score (nSPS) is 23.8. The predicted octanol–water partition coefficient (Wildman–Crippen LogP) is 7.43. The Morgan fingerprint density at radius 3 is 2.50 bits per heavy atom. The molecule has 1 saturated heterocycles. The zero-order valence-corrected chi connectivity index (χ0v) is 34.6. The number of carbonyl (C=O) groups is 2. The first-order chi connectivity index (χ1) is 27.1. The molecule has 5 N–H and O–H groups in total. The molecule has 4 bridgehead atoms. The summed E-state index contributed by atoms with van der Waals surface area (Å²) in [5.74, 6) is 2.47. The van der Waals surface area contributed by atoms with Crippen LogP contribution in [0.15, 0.2) is 77.8 Å². The Balaban J connectivity index is 1.34. The number of aliphatic imine (C=N–C) groups is 1. The lowest BCUT2D eigenvalue weighted by Crippen LogP contribution is -2.37. The highest BCUT2D eigenvalue weighted by molar-refractivity contribution is 8.76. The maximum atomic E-state index is 13.7. The number of benzene rings is 3. The molecule has 0 spiro atoms. The van der Waals surface area contributed by atoms with Crippen molar-refractivity contribution in [2.75, 3.05) is 31.8 Å². The topological polar surface area (TPSA) is 147 Å². The Kier molecular flexibility index (Phi) is 17.1. The fraction of sp³-hybridized carbons (Fsp3) is 0.523. The number of guanidine groups is 1. The van der Waals surface area contributed by atoms with Crippen LogP contribution in [0.3, 0.4) is 0 Å². The first-order valence-corrected chi connectivity index (χ1v) is 22.5. The number of ether oxygens (including phenoxy) is 2. The van der Waals surface area contributed by atoms with Gasteiger partial charge in [0.1, 0.15) is 6.10 Å². The van der Waals surface area contributed by atoms with Gasteiger partial charge in [0.2, 0.25) is 5.91 Å². The second-order valence-electron chi connectivity index (χ2n) is 15.5. The number of fused-ring (bicyclic) bond motifs is 4. The fourth-order valence-corrected chi connectivity index (χ4v) is 10.2. The highest BCUT2D eigenvalue weighted by Gasteiger charge is 2.43. The van der Waals surface area contributed by atoms with Crippen LogP contribution in [0.5, 0.6) is 11.5 Å². The molecule has 12 heteroatoms. The third kappa shape index (κ3) is 14.0. The molecule has 2 aliphatic heterocycles. The number of nitrogens with zero attached hydrogens (tertiary/aromatic N) is 2. The zero-order valence-electron chi connectivity index (χ0n) is 33.0. The molecule has 3 aromatic rings. The standard InChI is InChI=1S/C44H60N4O6S2/c1-32(49)54-39-20-19-36-23-37(42(52)40(24-36)53-2)28-48-30-44(27-41(48)51,26-34-13-7-4-8-14-34)21-22-46-43(45)47-31-56-55-29-35(15-9-10-16-38(50)25-39)18-17-33-11-5-3-6-12-33/h3-8,11-14,23-24,35,38-39,50,52H,9-10,15-22,25-31H2,1-2H3,(H3,45,46,47)/t35-,38+,39-,44-/m1/s1. The minimum Gasteiger partial charge on any atom is -0.504 e. The van der Waals surface area contributed by atoms with E-state index in [9.17, 15) is 19.8 Å². The molecule has 0 saturated carbocycles. The van der Waals surface area contributed by atoms with E-state index in [1.54, 1.807) is 16.9 Å². The van der Waals surface area contributed by atoms with Crippen molar-refractivity contribution < 1.29 is 29.3 Å². The molecule has 5 rings (SSSR count). The molecule has 0 aromatic heterocycles. The quantitative estimate of drug-likeness (QED) is 0.141. The Bertz CT molecular complexity index is 1710. The summed E-state index contributed by atoms with van der Waals surface area (Å²) >= 11 is 0. The largest absolute Gasteiger partial charge is 0.504 e. The van der Waals surface area contributed by atoms with Crippen LogP contribution in [0, 0.1) is 11.3 Å². The number of rotatable bonds is 7. The number of phenols is 1. The lowest BCUT2D eigenvalue weighted by Gasteiger charge is -2.29. The molecule has 4 atom stereocenters. The second-order valence-corrected chi connectivity index (χ2v) is 18.0. The van der Waals surface area contributed by atoms with E-state index in [1.165, 1.54) is 19.6 Å². The molecule has 1 fully saturated rings. The summed E-state index contributed by atoms with van der Waals surface area (Å²) in [6, 6.07) is 24.6. The minimum absolute atomic E-state index is 0.00807. The van der Waals surface area contributed by atoms with Crippen molar-refractivity contribution in [3.63, 3.8) is 0 Å². The molecule has 0 unspecified atom stereocenters.